The van der Waals surface area contributed by atoms with Crippen LogP contribution in [0.5, 0.6) is 5.75 Å². The van der Waals surface area contributed by atoms with Gasteiger partial charge >= 0.3 is 0 Å². The fourth-order valence-corrected chi connectivity index (χ4v) is 3.25. The standard InChI is InChI=1S/C24H21F2N3O/c1-16-5-6-18-3-2-4-23(24(18)29-16)30-10-9-27-13-17-11-19(15-28-14-17)21-8-7-20(25)12-22(21)26/h2-8,11-12,14-15,27H,9-10,13H2,1H3. The van der Waals surface area contributed by atoms with Gasteiger partial charge in [0.15, 0.2) is 0 Å². The Kier molecular flexibility index (Phi) is 5.95. The molecule has 152 valence electrons. The van der Waals surface area contributed by atoms with Gasteiger partial charge in [0.25, 0.3) is 0 Å². The van der Waals surface area contributed by atoms with Crippen molar-refractivity contribution < 1.29 is 13.5 Å². The van der Waals surface area contributed by atoms with E-state index < -0.39 is 11.6 Å². The minimum Gasteiger partial charge on any atom is -0.490 e. The second-order valence-corrected chi connectivity index (χ2v) is 7.01. The number of rotatable bonds is 7. The molecule has 0 atom stereocenters. The number of nitrogens with one attached hydrogen (secondary N) is 1. The predicted molar refractivity (Wildman–Crippen MR) is 113 cm³/mol. The number of ether oxygens (including phenoxy) is 1. The summed E-state index contributed by atoms with van der Waals surface area (Å²) < 4.78 is 33.0. The first-order valence-electron chi connectivity index (χ1n) is 9.69. The molecule has 0 fully saturated rings. The summed E-state index contributed by atoms with van der Waals surface area (Å²) in [6.07, 6.45) is 3.29. The number of fused-ring (bicyclic) bond motifs is 1. The molecule has 0 aliphatic carbocycles. The zero-order valence-electron chi connectivity index (χ0n) is 16.5. The minimum absolute atomic E-state index is 0.327. The van der Waals surface area contributed by atoms with E-state index >= 15 is 0 Å². The van der Waals surface area contributed by atoms with Crippen molar-refractivity contribution in [3.63, 3.8) is 0 Å². The van der Waals surface area contributed by atoms with Crippen molar-refractivity contribution in [1.82, 2.24) is 15.3 Å². The molecule has 0 unspecified atom stereocenters. The van der Waals surface area contributed by atoms with E-state index in [0.29, 0.717) is 30.8 Å². The SMILES string of the molecule is Cc1ccc2cccc(OCCNCc3cncc(-c4ccc(F)cc4F)c3)c2n1. The van der Waals surface area contributed by atoms with Crippen LogP contribution in [0.1, 0.15) is 11.3 Å². The monoisotopic (exact) mass is 405 g/mol. The van der Waals surface area contributed by atoms with E-state index in [4.69, 9.17) is 4.74 Å². The van der Waals surface area contributed by atoms with Crippen LogP contribution in [0.4, 0.5) is 8.78 Å². The maximum atomic E-state index is 14.0. The number of para-hydroxylation sites is 1. The largest absolute Gasteiger partial charge is 0.490 e. The highest BCUT2D eigenvalue weighted by molar-refractivity contribution is 5.84. The van der Waals surface area contributed by atoms with Crippen molar-refractivity contribution in [1.29, 1.82) is 0 Å². The van der Waals surface area contributed by atoms with E-state index in [1.54, 1.807) is 12.4 Å². The molecule has 1 N–H and O–H groups in total. The van der Waals surface area contributed by atoms with Crippen LogP contribution in [0.3, 0.4) is 0 Å². The number of aromatic nitrogens is 2. The van der Waals surface area contributed by atoms with Crippen molar-refractivity contribution in [2.75, 3.05) is 13.2 Å². The topological polar surface area (TPSA) is 47.0 Å². The van der Waals surface area contributed by atoms with Gasteiger partial charge in [-0.25, -0.2) is 13.8 Å². The summed E-state index contributed by atoms with van der Waals surface area (Å²) in [4.78, 5) is 8.74. The Morgan fingerprint density at radius 3 is 2.77 bits per heavy atom. The molecule has 0 radical (unpaired) electrons. The fourth-order valence-electron chi connectivity index (χ4n) is 3.25. The highest BCUT2D eigenvalue weighted by Gasteiger charge is 2.08. The van der Waals surface area contributed by atoms with Gasteiger partial charge in [-0.05, 0) is 42.8 Å². The van der Waals surface area contributed by atoms with E-state index in [9.17, 15) is 8.78 Å². The average molecular weight is 405 g/mol. The zero-order chi connectivity index (χ0) is 20.9. The van der Waals surface area contributed by atoms with Crippen molar-refractivity contribution >= 4 is 10.9 Å². The molecule has 2 aromatic heterocycles. The quantitative estimate of drug-likeness (QED) is 0.437. The van der Waals surface area contributed by atoms with Gasteiger partial charge in [0.1, 0.15) is 29.5 Å². The summed E-state index contributed by atoms with van der Waals surface area (Å²) >= 11 is 0. The number of aryl methyl sites for hydroxylation is 1. The summed E-state index contributed by atoms with van der Waals surface area (Å²) in [5.41, 5.74) is 3.64. The molecule has 0 saturated heterocycles. The Morgan fingerprint density at radius 2 is 1.90 bits per heavy atom. The van der Waals surface area contributed by atoms with Gasteiger partial charge in [-0.3, -0.25) is 4.98 Å². The third-order valence-corrected chi connectivity index (χ3v) is 4.73. The third kappa shape index (κ3) is 4.60. The van der Waals surface area contributed by atoms with Gasteiger partial charge < -0.3 is 10.1 Å². The van der Waals surface area contributed by atoms with Crippen LogP contribution in [0, 0.1) is 18.6 Å². The highest BCUT2D eigenvalue weighted by Crippen LogP contribution is 2.24. The summed E-state index contributed by atoms with van der Waals surface area (Å²) in [6.45, 7) is 3.61. The van der Waals surface area contributed by atoms with Crippen LogP contribution >= 0.6 is 0 Å². The van der Waals surface area contributed by atoms with E-state index in [1.807, 2.05) is 43.3 Å². The van der Waals surface area contributed by atoms with Crippen molar-refractivity contribution in [3.05, 3.63) is 89.9 Å². The molecule has 6 heteroatoms. The second kappa shape index (κ2) is 8.97. The molecule has 4 aromatic rings. The predicted octanol–water partition coefficient (Wildman–Crippen LogP) is 5.05. The van der Waals surface area contributed by atoms with Crippen LogP contribution in [-0.4, -0.2) is 23.1 Å². The number of halogens is 2. The van der Waals surface area contributed by atoms with Crippen LogP contribution in [0.15, 0.2) is 67.0 Å². The average Bonchev–Trinajstić information content (AvgIpc) is 2.74. The lowest BCUT2D eigenvalue weighted by atomic mass is 10.1. The van der Waals surface area contributed by atoms with Crippen LogP contribution in [0.25, 0.3) is 22.0 Å². The highest BCUT2D eigenvalue weighted by atomic mass is 19.1. The van der Waals surface area contributed by atoms with Gasteiger partial charge in [0.2, 0.25) is 0 Å². The number of nitrogens with zero attached hydrogens (tertiary/aromatic N) is 2. The number of hydrogen-bond acceptors (Lipinski definition) is 4. The number of benzene rings is 2. The van der Waals surface area contributed by atoms with Crippen molar-refractivity contribution in [2.45, 2.75) is 13.5 Å². The molecular weight excluding hydrogens is 384 g/mol. The normalized spacial score (nSPS) is 11.0. The first-order chi connectivity index (χ1) is 14.6. The van der Waals surface area contributed by atoms with E-state index in [-0.39, 0.29) is 0 Å². The van der Waals surface area contributed by atoms with Gasteiger partial charge in [-0.2, -0.15) is 0 Å². The summed E-state index contributed by atoms with van der Waals surface area (Å²) in [5, 5.41) is 4.34. The molecule has 0 spiro atoms. The summed E-state index contributed by atoms with van der Waals surface area (Å²) in [5.74, 6) is -0.443. The molecule has 4 rings (SSSR count). The lowest BCUT2D eigenvalue weighted by Crippen LogP contribution is -2.20. The molecule has 2 aromatic carbocycles. The molecule has 0 aliphatic rings. The van der Waals surface area contributed by atoms with Crippen LogP contribution in [-0.2, 0) is 6.54 Å². The Labute approximate surface area is 173 Å². The Balaban J connectivity index is 1.34. The Bertz CT molecular complexity index is 1180. The van der Waals surface area contributed by atoms with E-state index in [0.717, 1.165) is 34.0 Å². The maximum absolute atomic E-state index is 14.0. The van der Waals surface area contributed by atoms with Crippen LogP contribution in [0.2, 0.25) is 0 Å². The first-order valence-corrected chi connectivity index (χ1v) is 9.69. The molecule has 0 saturated carbocycles. The second-order valence-electron chi connectivity index (χ2n) is 7.01. The first kappa shape index (κ1) is 19.9. The Morgan fingerprint density at radius 1 is 1.00 bits per heavy atom. The third-order valence-electron chi connectivity index (χ3n) is 4.73. The fraction of sp³-hybridized carbons (Fsp3) is 0.167. The summed E-state index contributed by atoms with van der Waals surface area (Å²) in [7, 11) is 0. The van der Waals surface area contributed by atoms with Gasteiger partial charge in [-0.1, -0.05) is 18.2 Å². The van der Waals surface area contributed by atoms with Gasteiger partial charge in [-0.15, -0.1) is 0 Å². The van der Waals surface area contributed by atoms with Crippen LogP contribution < -0.4 is 10.1 Å². The van der Waals surface area contributed by atoms with Crippen molar-refractivity contribution in [2.24, 2.45) is 0 Å². The lowest BCUT2D eigenvalue weighted by Gasteiger charge is -2.10. The molecule has 0 aliphatic heterocycles. The zero-order valence-corrected chi connectivity index (χ0v) is 16.5. The lowest BCUT2D eigenvalue weighted by molar-refractivity contribution is 0.316. The molecule has 30 heavy (non-hydrogen) atoms. The summed E-state index contributed by atoms with van der Waals surface area (Å²) in [6, 6.07) is 15.3. The Hall–Kier alpha value is -3.38. The minimum atomic E-state index is -0.603. The van der Waals surface area contributed by atoms with E-state index in [1.165, 1.54) is 12.1 Å². The van der Waals surface area contributed by atoms with Gasteiger partial charge in [0.05, 0.1) is 0 Å². The number of pyridine rings is 2. The molecule has 0 amide bonds. The number of hydrogen-bond donors (Lipinski definition) is 1. The molecule has 0 bridgehead atoms. The molecule has 4 nitrogen and oxygen atoms in total. The maximum Gasteiger partial charge on any atom is 0.145 e. The van der Waals surface area contributed by atoms with Crippen molar-refractivity contribution in [3.8, 4) is 16.9 Å². The molecular formula is C24H21F2N3O. The smallest absolute Gasteiger partial charge is 0.145 e. The molecule has 2 heterocycles. The van der Waals surface area contributed by atoms with Gasteiger partial charge in [0, 0.05) is 53.8 Å². The van der Waals surface area contributed by atoms with E-state index in [2.05, 4.69) is 15.3 Å².